The molecule has 0 spiro atoms. The van der Waals surface area contributed by atoms with E-state index in [4.69, 9.17) is 5.73 Å². The molecule has 15 heavy (non-hydrogen) atoms. The number of rotatable bonds is 1. The summed E-state index contributed by atoms with van der Waals surface area (Å²) in [6.45, 7) is 0. The molecular formula is C10H8BrN3O. The molecule has 0 bridgehead atoms. The van der Waals surface area contributed by atoms with Crippen molar-refractivity contribution in [3.8, 4) is 17.0 Å². The molecule has 3 N–H and O–H groups in total. The van der Waals surface area contributed by atoms with E-state index in [1.165, 1.54) is 0 Å². The molecule has 1 aromatic carbocycles. The molecule has 76 valence electrons. The summed E-state index contributed by atoms with van der Waals surface area (Å²) in [6, 6.07) is 6.82. The van der Waals surface area contributed by atoms with E-state index in [1.807, 2.05) is 0 Å². The maximum Gasteiger partial charge on any atom is 0.220 e. The van der Waals surface area contributed by atoms with Gasteiger partial charge in [0.1, 0.15) is 5.75 Å². The Bertz CT molecular complexity index is 502. The molecule has 1 aromatic heterocycles. The number of phenols is 1. The third-order valence-corrected chi connectivity index (χ3v) is 2.40. The van der Waals surface area contributed by atoms with Crippen LogP contribution in [0.15, 0.2) is 34.9 Å². The molecule has 0 amide bonds. The minimum Gasteiger partial charge on any atom is -0.507 e. The highest BCUT2D eigenvalue weighted by Crippen LogP contribution is 2.30. The maximum atomic E-state index is 9.66. The number of phenolic OH excluding ortho intramolecular Hbond substituents is 1. The zero-order valence-electron chi connectivity index (χ0n) is 7.68. The van der Waals surface area contributed by atoms with E-state index in [0.717, 1.165) is 4.47 Å². The van der Waals surface area contributed by atoms with Gasteiger partial charge >= 0.3 is 0 Å². The Kier molecular flexibility index (Phi) is 2.55. The van der Waals surface area contributed by atoms with Crippen LogP contribution >= 0.6 is 15.9 Å². The summed E-state index contributed by atoms with van der Waals surface area (Å²) in [7, 11) is 0. The summed E-state index contributed by atoms with van der Waals surface area (Å²) in [5, 5.41) is 9.66. The molecule has 0 atom stereocenters. The first-order valence-electron chi connectivity index (χ1n) is 4.24. The molecule has 2 rings (SSSR count). The molecule has 0 saturated heterocycles. The second-order valence-corrected chi connectivity index (χ2v) is 3.88. The fourth-order valence-corrected chi connectivity index (χ4v) is 1.60. The first-order valence-corrected chi connectivity index (χ1v) is 5.03. The van der Waals surface area contributed by atoms with Gasteiger partial charge in [-0.05, 0) is 24.3 Å². The van der Waals surface area contributed by atoms with Gasteiger partial charge in [-0.25, -0.2) is 9.97 Å². The van der Waals surface area contributed by atoms with Gasteiger partial charge in [0, 0.05) is 16.2 Å². The minimum absolute atomic E-state index is 0.163. The van der Waals surface area contributed by atoms with Gasteiger partial charge in [0.05, 0.1) is 5.69 Å². The van der Waals surface area contributed by atoms with E-state index in [1.54, 1.807) is 30.5 Å². The summed E-state index contributed by atoms with van der Waals surface area (Å²) in [4.78, 5) is 7.82. The number of nitrogens with zero attached hydrogens (tertiary/aromatic N) is 2. The van der Waals surface area contributed by atoms with Gasteiger partial charge in [-0.2, -0.15) is 0 Å². The largest absolute Gasteiger partial charge is 0.507 e. The Morgan fingerprint density at radius 2 is 2.07 bits per heavy atom. The Balaban J connectivity index is 2.58. The molecule has 0 aliphatic heterocycles. The topological polar surface area (TPSA) is 72.0 Å². The standard InChI is InChI=1S/C10H8BrN3O/c11-6-1-2-9(15)7(5-6)8-3-4-13-10(12)14-8/h1-5,15H,(H2,12,13,14). The third-order valence-electron chi connectivity index (χ3n) is 1.91. The molecule has 0 unspecified atom stereocenters. The molecule has 5 heteroatoms. The van der Waals surface area contributed by atoms with Gasteiger partial charge < -0.3 is 10.8 Å². The van der Waals surface area contributed by atoms with Crippen molar-refractivity contribution in [1.82, 2.24) is 9.97 Å². The SMILES string of the molecule is Nc1nccc(-c2cc(Br)ccc2O)n1. The molecule has 1 heterocycles. The Labute approximate surface area is 94.9 Å². The lowest BCUT2D eigenvalue weighted by molar-refractivity contribution is 0.477. The summed E-state index contributed by atoms with van der Waals surface area (Å²) in [5.74, 6) is 0.350. The minimum atomic E-state index is 0.163. The summed E-state index contributed by atoms with van der Waals surface area (Å²) < 4.78 is 0.868. The molecular weight excluding hydrogens is 258 g/mol. The number of hydrogen-bond acceptors (Lipinski definition) is 4. The van der Waals surface area contributed by atoms with Crippen molar-refractivity contribution in [2.45, 2.75) is 0 Å². The van der Waals surface area contributed by atoms with Crippen molar-refractivity contribution >= 4 is 21.9 Å². The van der Waals surface area contributed by atoms with Crippen LogP contribution in [0.4, 0.5) is 5.95 Å². The average molecular weight is 266 g/mol. The van der Waals surface area contributed by atoms with E-state index in [0.29, 0.717) is 11.3 Å². The predicted molar refractivity (Wildman–Crippen MR) is 61.2 cm³/mol. The van der Waals surface area contributed by atoms with Gasteiger partial charge in [-0.3, -0.25) is 0 Å². The van der Waals surface area contributed by atoms with E-state index in [9.17, 15) is 5.11 Å². The van der Waals surface area contributed by atoms with Crippen LogP contribution in [0.2, 0.25) is 0 Å². The number of hydrogen-bond donors (Lipinski definition) is 2. The number of nitrogens with two attached hydrogens (primary N) is 1. The maximum absolute atomic E-state index is 9.66. The van der Waals surface area contributed by atoms with Crippen molar-refractivity contribution in [2.24, 2.45) is 0 Å². The highest BCUT2D eigenvalue weighted by molar-refractivity contribution is 9.10. The van der Waals surface area contributed by atoms with Gasteiger partial charge in [-0.15, -0.1) is 0 Å². The Morgan fingerprint density at radius 1 is 1.27 bits per heavy atom. The normalized spacial score (nSPS) is 10.2. The third kappa shape index (κ3) is 2.07. The van der Waals surface area contributed by atoms with Crippen molar-refractivity contribution in [3.05, 3.63) is 34.9 Å². The van der Waals surface area contributed by atoms with Crippen LogP contribution in [0.1, 0.15) is 0 Å². The molecule has 4 nitrogen and oxygen atoms in total. The van der Waals surface area contributed by atoms with Crippen LogP contribution in [-0.4, -0.2) is 15.1 Å². The molecule has 0 fully saturated rings. The number of benzene rings is 1. The highest BCUT2D eigenvalue weighted by atomic mass is 79.9. The van der Waals surface area contributed by atoms with E-state index in [2.05, 4.69) is 25.9 Å². The number of nitrogen functional groups attached to an aromatic ring is 1. The smallest absolute Gasteiger partial charge is 0.220 e. The quantitative estimate of drug-likeness (QED) is 0.829. The van der Waals surface area contributed by atoms with E-state index >= 15 is 0 Å². The summed E-state index contributed by atoms with van der Waals surface area (Å²) in [5.41, 5.74) is 6.69. The van der Waals surface area contributed by atoms with Crippen LogP contribution in [0.25, 0.3) is 11.3 Å². The van der Waals surface area contributed by atoms with Crippen LogP contribution in [0.3, 0.4) is 0 Å². The van der Waals surface area contributed by atoms with E-state index in [-0.39, 0.29) is 11.7 Å². The van der Waals surface area contributed by atoms with Crippen LogP contribution in [0.5, 0.6) is 5.75 Å². The van der Waals surface area contributed by atoms with Gasteiger partial charge in [0.2, 0.25) is 5.95 Å². The fourth-order valence-electron chi connectivity index (χ4n) is 1.24. The number of aromatic hydroxyl groups is 1. The molecule has 0 aliphatic carbocycles. The Hall–Kier alpha value is -1.62. The van der Waals surface area contributed by atoms with Crippen molar-refractivity contribution in [2.75, 3.05) is 5.73 Å². The number of halogens is 1. The van der Waals surface area contributed by atoms with Crippen molar-refractivity contribution < 1.29 is 5.11 Å². The van der Waals surface area contributed by atoms with Gasteiger partial charge in [-0.1, -0.05) is 15.9 Å². The average Bonchev–Trinajstić information content (AvgIpc) is 2.22. The second kappa shape index (κ2) is 3.86. The highest BCUT2D eigenvalue weighted by Gasteiger charge is 2.06. The molecule has 0 radical (unpaired) electrons. The van der Waals surface area contributed by atoms with Gasteiger partial charge in [0.25, 0.3) is 0 Å². The lowest BCUT2D eigenvalue weighted by Crippen LogP contribution is -1.95. The summed E-state index contributed by atoms with van der Waals surface area (Å²) >= 11 is 3.33. The first kappa shape index (κ1) is 9.92. The monoisotopic (exact) mass is 265 g/mol. The van der Waals surface area contributed by atoms with Crippen molar-refractivity contribution in [3.63, 3.8) is 0 Å². The lowest BCUT2D eigenvalue weighted by atomic mass is 10.1. The molecule has 0 aliphatic rings. The first-order chi connectivity index (χ1) is 7.16. The molecule has 0 saturated carbocycles. The van der Waals surface area contributed by atoms with E-state index < -0.39 is 0 Å². The zero-order valence-corrected chi connectivity index (χ0v) is 9.27. The summed E-state index contributed by atoms with van der Waals surface area (Å²) in [6.07, 6.45) is 1.55. The zero-order chi connectivity index (χ0) is 10.8. The number of aromatic nitrogens is 2. The lowest BCUT2D eigenvalue weighted by Gasteiger charge is -2.04. The van der Waals surface area contributed by atoms with Crippen LogP contribution in [0, 0.1) is 0 Å². The Morgan fingerprint density at radius 3 is 2.80 bits per heavy atom. The number of anilines is 1. The second-order valence-electron chi connectivity index (χ2n) is 2.96. The van der Waals surface area contributed by atoms with Crippen molar-refractivity contribution in [1.29, 1.82) is 0 Å². The van der Waals surface area contributed by atoms with Crippen LogP contribution in [-0.2, 0) is 0 Å². The van der Waals surface area contributed by atoms with Gasteiger partial charge in [0.15, 0.2) is 0 Å². The fraction of sp³-hybridized carbons (Fsp3) is 0. The predicted octanol–water partition coefficient (Wildman–Crippen LogP) is 2.19. The van der Waals surface area contributed by atoms with Crippen LogP contribution < -0.4 is 5.73 Å². The molecule has 2 aromatic rings.